The van der Waals surface area contributed by atoms with Gasteiger partial charge < -0.3 is 9.74 Å². The molecule has 1 aromatic rings. The van der Waals surface area contributed by atoms with E-state index >= 15 is 0 Å². The van der Waals surface area contributed by atoms with Crippen LogP contribution in [0.4, 0.5) is 0 Å². The molecule has 4 nitrogen and oxygen atoms in total. The number of unbranched alkanes of at least 4 members (excludes halogenated alkanes) is 2. The minimum Gasteiger partial charge on any atom is -0.409 e. The van der Waals surface area contributed by atoms with Crippen molar-refractivity contribution in [2.75, 3.05) is 20.6 Å². The molecule has 1 amide bonds. The fourth-order valence-electron chi connectivity index (χ4n) is 1.56. The third-order valence-corrected chi connectivity index (χ3v) is 2.96. The van der Waals surface area contributed by atoms with Gasteiger partial charge in [-0.25, -0.2) is 0 Å². The van der Waals surface area contributed by atoms with Crippen LogP contribution in [0.5, 0.6) is 5.75 Å². The highest BCUT2D eigenvalue weighted by Crippen LogP contribution is 2.23. The Bertz CT molecular complexity index is 422. The molecule has 1 aromatic carbocycles. The second-order valence-corrected chi connectivity index (χ2v) is 4.95. The predicted molar refractivity (Wildman–Crippen MR) is 77.6 cm³/mol. The summed E-state index contributed by atoms with van der Waals surface area (Å²) in [7, 11) is 3.39. The van der Waals surface area contributed by atoms with Crippen LogP contribution in [0.3, 0.4) is 0 Å². The number of rotatable bonds is 7. The van der Waals surface area contributed by atoms with Gasteiger partial charge in [0, 0.05) is 26.7 Å². The summed E-state index contributed by atoms with van der Waals surface area (Å²) in [6.07, 6.45) is 3.42. The Labute approximate surface area is 119 Å². The first-order valence-corrected chi connectivity index (χ1v) is 6.85. The molecule has 1 rings (SSSR count). The molecule has 106 valence electrons. The average Bonchev–Trinajstić information content (AvgIpc) is 2.38. The minimum absolute atomic E-state index is 0.118. The number of carbonyl (C=O) groups is 1. The number of hydrogen-bond donors (Lipinski definition) is 1. The monoisotopic (exact) mass is 284 g/mol. The van der Waals surface area contributed by atoms with E-state index in [9.17, 15) is 4.79 Å². The second kappa shape index (κ2) is 8.02. The van der Waals surface area contributed by atoms with Crippen LogP contribution in [0, 0.1) is 0 Å². The molecule has 0 aliphatic heterocycles. The standard InChI is InChI=1S/C14H21ClN2O2/c1-4-5-6-9-16-19-11-7-8-12(13(15)10-11)14(18)17(2)3/h7-8,10,16H,4-6,9H2,1-3H3. The topological polar surface area (TPSA) is 41.6 Å². The Morgan fingerprint density at radius 3 is 2.68 bits per heavy atom. The first-order chi connectivity index (χ1) is 9.06. The van der Waals surface area contributed by atoms with Gasteiger partial charge >= 0.3 is 0 Å². The zero-order valence-corrected chi connectivity index (χ0v) is 12.5. The fourth-order valence-corrected chi connectivity index (χ4v) is 1.81. The van der Waals surface area contributed by atoms with E-state index in [-0.39, 0.29) is 5.91 Å². The first-order valence-electron chi connectivity index (χ1n) is 6.47. The largest absolute Gasteiger partial charge is 0.409 e. The molecular formula is C14H21ClN2O2. The summed E-state index contributed by atoms with van der Waals surface area (Å²) in [6, 6.07) is 5.05. The summed E-state index contributed by atoms with van der Waals surface area (Å²) in [5, 5.41) is 0.395. The molecule has 0 saturated heterocycles. The summed E-state index contributed by atoms with van der Waals surface area (Å²) in [6.45, 7) is 2.95. The molecule has 0 radical (unpaired) electrons. The van der Waals surface area contributed by atoms with Crippen LogP contribution >= 0.6 is 11.6 Å². The molecule has 0 bridgehead atoms. The molecule has 19 heavy (non-hydrogen) atoms. The van der Waals surface area contributed by atoms with E-state index < -0.39 is 0 Å². The first kappa shape index (κ1) is 15.8. The van der Waals surface area contributed by atoms with E-state index in [2.05, 4.69) is 12.4 Å². The lowest BCUT2D eigenvalue weighted by Gasteiger charge is -2.12. The number of benzene rings is 1. The SMILES string of the molecule is CCCCCNOc1ccc(C(=O)N(C)C)c(Cl)c1. The molecule has 0 aromatic heterocycles. The van der Waals surface area contributed by atoms with Gasteiger partial charge in [0.05, 0.1) is 10.6 Å². The van der Waals surface area contributed by atoms with Crippen molar-refractivity contribution in [1.29, 1.82) is 0 Å². The van der Waals surface area contributed by atoms with Crippen LogP contribution in [-0.2, 0) is 0 Å². The number of nitrogens with zero attached hydrogens (tertiary/aromatic N) is 1. The van der Waals surface area contributed by atoms with Gasteiger partial charge in [-0.3, -0.25) is 4.79 Å². The maximum absolute atomic E-state index is 11.8. The van der Waals surface area contributed by atoms with Gasteiger partial charge in [-0.05, 0) is 18.6 Å². The van der Waals surface area contributed by atoms with Gasteiger partial charge in [-0.2, -0.15) is 5.48 Å². The number of halogens is 1. The Morgan fingerprint density at radius 1 is 1.37 bits per heavy atom. The summed E-state index contributed by atoms with van der Waals surface area (Å²) in [5.74, 6) is 0.490. The van der Waals surface area contributed by atoms with Crippen LogP contribution < -0.4 is 10.3 Å². The van der Waals surface area contributed by atoms with Gasteiger partial charge in [0.1, 0.15) is 5.75 Å². The summed E-state index contributed by atoms with van der Waals surface area (Å²) >= 11 is 6.08. The predicted octanol–water partition coefficient (Wildman–Crippen LogP) is 3.12. The van der Waals surface area contributed by atoms with Crippen molar-refractivity contribution in [2.45, 2.75) is 26.2 Å². The third-order valence-electron chi connectivity index (χ3n) is 2.65. The normalized spacial score (nSPS) is 10.3. The Morgan fingerprint density at radius 2 is 2.11 bits per heavy atom. The van der Waals surface area contributed by atoms with Gasteiger partial charge in [0.25, 0.3) is 5.91 Å². The Hall–Kier alpha value is -1.26. The van der Waals surface area contributed by atoms with Crippen molar-refractivity contribution in [1.82, 2.24) is 10.4 Å². The van der Waals surface area contributed by atoms with Gasteiger partial charge in [0.15, 0.2) is 0 Å². The lowest BCUT2D eigenvalue weighted by atomic mass is 10.2. The lowest BCUT2D eigenvalue weighted by Crippen LogP contribution is -2.22. The molecule has 1 N–H and O–H groups in total. The van der Waals surface area contributed by atoms with Crippen molar-refractivity contribution in [3.05, 3.63) is 28.8 Å². The van der Waals surface area contributed by atoms with Crippen molar-refractivity contribution in [3.8, 4) is 5.75 Å². The lowest BCUT2D eigenvalue weighted by molar-refractivity contribution is 0.0827. The van der Waals surface area contributed by atoms with Crippen LogP contribution in [0.2, 0.25) is 5.02 Å². The highest BCUT2D eigenvalue weighted by Gasteiger charge is 2.12. The van der Waals surface area contributed by atoms with Crippen molar-refractivity contribution < 1.29 is 9.63 Å². The molecular weight excluding hydrogens is 264 g/mol. The highest BCUT2D eigenvalue weighted by molar-refractivity contribution is 6.34. The van der Waals surface area contributed by atoms with E-state index in [1.807, 2.05) is 0 Å². The maximum Gasteiger partial charge on any atom is 0.254 e. The zero-order chi connectivity index (χ0) is 14.3. The maximum atomic E-state index is 11.8. The van der Waals surface area contributed by atoms with E-state index in [0.717, 1.165) is 13.0 Å². The molecule has 0 saturated carbocycles. The van der Waals surface area contributed by atoms with Crippen molar-refractivity contribution in [2.24, 2.45) is 0 Å². The number of amides is 1. The zero-order valence-electron chi connectivity index (χ0n) is 11.7. The quantitative estimate of drug-likeness (QED) is 0.618. The molecule has 0 spiro atoms. The van der Waals surface area contributed by atoms with Crippen LogP contribution in [0.15, 0.2) is 18.2 Å². The van der Waals surface area contributed by atoms with Gasteiger partial charge in [0.2, 0.25) is 0 Å². The third kappa shape index (κ3) is 5.09. The summed E-state index contributed by atoms with van der Waals surface area (Å²) < 4.78 is 0. The van der Waals surface area contributed by atoms with Gasteiger partial charge in [-0.1, -0.05) is 31.4 Å². The summed E-state index contributed by atoms with van der Waals surface area (Å²) in [4.78, 5) is 18.7. The van der Waals surface area contributed by atoms with Crippen LogP contribution in [0.25, 0.3) is 0 Å². The van der Waals surface area contributed by atoms with E-state index in [4.69, 9.17) is 16.4 Å². The smallest absolute Gasteiger partial charge is 0.254 e. The van der Waals surface area contributed by atoms with Crippen LogP contribution in [0.1, 0.15) is 36.5 Å². The molecule has 0 fully saturated rings. The van der Waals surface area contributed by atoms with Crippen molar-refractivity contribution >= 4 is 17.5 Å². The Balaban J connectivity index is 2.54. The average molecular weight is 285 g/mol. The van der Waals surface area contributed by atoms with E-state index in [1.165, 1.54) is 17.7 Å². The molecule has 0 aliphatic rings. The van der Waals surface area contributed by atoms with E-state index in [1.54, 1.807) is 32.3 Å². The molecule has 0 heterocycles. The minimum atomic E-state index is -0.118. The highest BCUT2D eigenvalue weighted by atomic mass is 35.5. The molecule has 0 aliphatic carbocycles. The molecule has 5 heteroatoms. The summed E-state index contributed by atoms with van der Waals surface area (Å²) in [5.41, 5.74) is 3.36. The number of hydrogen-bond acceptors (Lipinski definition) is 3. The fraction of sp³-hybridized carbons (Fsp3) is 0.500. The number of nitrogens with one attached hydrogen (secondary N) is 1. The number of carbonyl (C=O) groups excluding carboxylic acids is 1. The van der Waals surface area contributed by atoms with E-state index in [0.29, 0.717) is 16.3 Å². The van der Waals surface area contributed by atoms with Crippen molar-refractivity contribution in [3.63, 3.8) is 0 Å². The Kier molecular flexibility index (Phi) is 6.67. The second-order valence-electron chi connectivity index (χ2n) is 4.54. The molecule has 0 unspecified atom stereocenters. The van der Waals surface area contributed by atoms with Gasteiger partial charge in [-0.15, -0.1) is 0 Å². The van der Waals surface area contributed by atoms with Crippen LogP contribution in [-0.4, -0.2) is 31.4 Å². The molecule has 0 atom stereocenters. The number of hydroxylamine groups is 1.